The molecule has 5 heterocycles. The topological polar surface area (TPSA) is 150 Å². The summed E-state index contributed by atoms with van der Waals surface area (Å²) in [6.45, 7) is 0.558. The number of aliphatic hydroxyl groups is 4. The molecule has 44 heavy (non-hydrogen) atoms. The number of carbonyl (C=O) groups excluding carboxylic acids is 2. The first-order chi connectivity index (χ1) is 21.3. The third kappa shape index (κ3) is 3.64. The van der Waals surface area contributed by atoms with Crippen LogP contribution in [0.25, 0.3) is 22.6 Å². The number of benzene rings is 2. The molecular weight excluding hydrogens is 564 g/mol. The van der Waals surface area contributed by atoms with Gasteiger partial charge in [0.2, 0.25) is 0 Å². The Morgan fingerprint density at radius 3 is 2.57 bits per heavy atom. The number of ether oxygens (including phenoxy) is 1. The van der Waals surface area contributed by atoms with Crippen LogP contribution in [0.3, 0.4) is 0 Å². The number of anilines is 1. The Morgan fingerprint density at radius 1 is 1.02 bits per heavy atom. The molecule has 0 radical (unpaired) electrons. The molecule has 2 aromatic carbocycles. The van der Waals surface area contributed by atoms with Gasteiger partial charge in [-0.1, -0.05) is 54.6 Å². The van der Waals surface area contributed by atoms with Gasteiger partial charge in [-0.3, -0.25) is 14.5 Å². The number of hydrogen-bond donors (Lipinski definition) is 5. The monoisotopic (exact) mass is 595 g/mol. The number of nitrogens with zero attached hydrogens (tertiary/aromatic N) is 3. The average molecular weight is 596 g/mol. The normalized spacial score (nSPS) is 28.7. The molecule has 1 aromatic heterocycles. The van der Waals surface area contributed by atoms with Crippen LogP contribution in [0.5, 0.6) is 0 Å². The lowest BCUT2D eigenvalue weighted by molar-refractivity contribution is -0.555. The van der Waals surface area contributed by atoms with Crippen LogP contribution in [0, 0.1) is 0 Å². The van der Waals surface area contributed by atoms with E-state index in [-0.39, 0.29) is 11.5 Å². The summed E-state index contributed by atoms with van der Waals surface area (Å²) in [4.78, 5) is 34.1. The Kier molecular flexibility index (Phi) is 6.06. The van der Waals surface area contributed by atoms with Gasteiger partial charge in [-0.15, -0.1) is 0 Å². The SMILES string of the molecule is CN1C(=O)c2c(c3c4c([nH]c3c3c2=C2C=CC=CC2N3[C@@H]2O[C@H](CO)[C@@H](O)[C@H](O)[C@H]2O)=CC=[N+](Cc2ccccc2)C4)C1=O. The van der Waals surface area contributed by atoms with Crippen molar-refractivity contribution in [1.29, 1.82) is 0 Å². The van der Waals surface area contributed by atoms with E-state index in [0.29, 0.717) is 40.5 Å². The van der Waals surface area contributed by atoms with Crippen molar-refractivity contribution in [2.75, 3.05) is 18.6 Å². The van der Waals surface area contributed by atoms with Crippen molar-refractivity contribution in [2.24, 2.45) is 0 Å². The van der Waals surface area contributed by atoms with E-state index in [0.717, 1.165) is 26.9 Å². The van der Waals surface area contributed by atoms with Crippen molar-refractivity contribution < 1.29 is 39.3 Å². The van der Waals surface area contributed by atoms with Gasteiger partial charge in [0.15, 0.2) is 25.5 Å². The summed E-state index contributed by atoms with van der Waals surface area (Å²) in [7, 11) is 1.48. The zero-order valence-corrected chi connectivity index (χ0v) is 23.8. The van der Waals surface area contributed by atoms with Gasteiger partial charge < -0.3 is 35.0 Å². The molecule has 3 aromatic rings. The molecular formula is C33H31N4O7+. The van der Waals surface area contributed by atoms with E-state index in [1.807, 2.05) is 54.8 Å². The highest BCUT2D eigenvalue weighted by Crippen LogP contribution is 2.43. The second kappa shape index (κ2) is 9.81. The highest BCUT2D eigenvalue weighted by molar-refractivity contribution is 6.29. The summed E-state index contributed by atoms with van der Waals surface area (Å²) in [6, 6.07) is 9.54. The number of H-pyrrole nitrogens is 1. The van der Waals surface area contributed by atoms with Crippen molar-refractivity contribution in [3.05, 3.63) is 87.5 Å². The maximum Gasteiger partial charge on any atom is 0.262 e. The summed E-state index contributed by atoms with van der Waals surface area (Å²) < 4.78 is 8.23. The molecule has 5 aliphatic rings. The Labute approximate surface area is 251 Å². The highest BCUT2D eigenvalue weighted by Gasteiger charge is 2.51. The van der Waals surface area contributed by atoms with Crippen LogP contribution in [-0.2, 0) is 17.8 Å². The third-order valence-corrected chi connectivity index (χ3v) is 9.43. The van der Waals surface area contributed by atoms with Crippen molar-refractivity contribution >= 4 is 46.3 Å². The lowest BCUT2D eigenvalue weighted by Gasteiger charge is -2.46. The largest absolute Gasteiger partial charge is 0.394 e. The molecule has 0 bridgehead atoms. The lowest BCUT2D eigenvalue weighted by atomic mass is 9.94. The fourth-order valence-corrected chi connectivity index (χ4v) is 7.31. The van der Waals surface area contributed by atoms with E-state index >= 15 is 0 Å². The van der Waals surface area contributed by atoms with Gasteiger partial charge >= 0.3 is 0 Å². The van der Waals surface area contributed by atoms with Crippen LogP contribution in [0.1, 0.15) is 31.8 Å². The fourth-order valence-electron chi connectivity index (χ4n) is 7.31. The molecule has 0 saturated carbocycles. The summed E-state index contributed by atoms with van der Waals surface area (Å²) in [6.07, 6.45) is 4.43. The Balaban J connectivity index is 1.38. The number of imide groups is 1. The van der Waals surface area contributed by atoms with Crippen LogP contribution in [0.4, 0.5) is 5.69 Å². The summed E-state index contributed by atoms with van der Waals surface area (Å²) >= 11 is 0. The minimum atomic E-state index is -1.59. The van der Waals surface area contributed by atoms with Crippen molar-refractivity contribution in [1.82, 2.24) is 9.88 Å². The van der Waals surface area contributed by atoms with Gasteiger partial charge in [0.25, 0.3) is 11.8 Å². The minimum Gasteiger partial charge on any atom is -0.394 e. The second-order valence-corrected chi connectivity index (χ2v) is 11.9. The molecule has 2 amide bonds. The first-order valence-electron chi connectivity index (χ1n) is 14.6. The average Bonchev–Trinajstić information content (AvgIpc) is 3.65. The van der Waals surface area contributed by atoms with Crippen LogP contribution in [-0.4, -0.2) is 103 Å². The zero-order chi connectivity index (χ0) is 30.4. The Bertz CT molecular complexity index is 1980. The van der Waals surface area contributed by atoms with E-state index < -0.39 is 49.2 Å². The van der Waals surface area contributed by atoms with Crippen molar-refractivity contribution in [3.63, 3.8) is 0 Å². The van der Waals surface area contributed by atoms with Gasteiger partial charge in [0.1, 0.15) is 24.4 Å². The number of nitrogens with one attached hydrogen (secondary N) is 1. The first kappa shape index (κ1) is 27.2. The number of fused-ring (bicyclic) bond motifs is 9. The predicted molar refractivity (Wildman–Crippen MR) is 160 cm³/mol. The number of aliphatic hydroxyl groups excluding tert-OH is 4. The van der Waals surface area contributed by atoms with Gasteiger partial charge in [0.05, 0.1) is 45.9 Å². The van der Waals surface area contributed by atoms with Gasteiger partial charge in [-0.2, -0.15) is 0 Å². The molecule has 1 saturated heterocycles. The maximum absolute atomic E-state index is 13.8. The molecule has 11 heteroatoms. The molecule has 224 valence electrons. The number of rotatable bonds is 4. The number of aromatic nitrogens is 1. The smallest absolute Gasteiger partial charge is 0.262 e. The van der Waals surface area contributed by atoms with E-state index in [2.05, 4.69) is 21.7 Å². The number of allylic oxidation sites excluding steroid dienone is 2. The fraction of sp³-hybridized carbons (Fsp3) is 0.303. The molecule has 11 nitrogen and oxygen atoms in total. The molecule has 0 spiro atoms. The van der Waals surface area contributed by atoms with Crippen LogP contribution < -0.4 is 15.5 Å². The van der Waals surface area contributed by atoms with Crippen LogP contribution in [0.15, 0.2) is 54.6 Å². The summed E-state index contributed by atoms with van der Waals surface area (Å²) in [5.74, 6) is -0.807. The maximum atomic E-state index is 13.8. The number of amides is 2. The summed E-state index contributed by atoms with van der Waals surface area (Å²) in [5, 5.41) is 44.5. The molecule has 1 fully saturated rings. The third-order valence-electron chi connectivity index (χ3n) is 9.43. The van der Waals surface area contributed by atoms with Gasteiger partial charge in [-0.05, 0) is 5.57 Å². The molecule has 1 aliphatic carbocycles. The zero-order valence-electron chi connectivity index (χ0n) is 23.8. The van der Waals surface area contributed by atoms with E-state index in [9.17, 15) is 30.0 Å². The Morgan fingerprint density at radius 2 is 1.80 bits per heavy atom. The molecule has 8 rings (SSSR count). The summed E-state index contributed by atoms with van der Waals surface area (Å²) in [5.41, 5.74) is 4.52. The van der Waals surface area contributed by atoms with Crippen molar-refractivity contribution in [2.45, 2.75) is 49.8 Å². The number of carbonyl (C=O) groups is 2. The number of aromatic amines is 1. The first-order valence-corrected chi connectivity index (χ1v) is 14.6. The van der Waals surface area contributed by atoms with E-state index in [4.69, 9.17) is 4.74 Å². The number of hydrogen-bond acceptors (Lipinski definition) is 8. The minimum absolute atomic E-state index is 0.290. The standard InChI is InChI=1S/C33H30N4O7/c1-35-31(42)24-22-18-14-36(13-16-7-3-2-4-8-16)12-11-19(18)34-26(22)27-23(25(24)32(35)43)17-9-5-6-10-20(17)37(27)33-30(41)29(40)28(39)21(15-38)44-33/h2-12,20-21,28-30,33,38-41H,13-15H2,1H3/p+1/t20?,21-,28-,29+,30-,33-/m1/s1. The van der Waals surface area contributed by atoms with Crippen LogP contribution in [0.2, 0.25) is 0 Å². The van der Waals surface area contributed by atoms with Gasteiger partial charge in [0, 0.05) is 29.3 Å². The van der Waals surface area contributed by atoms with E-state index in [1.54, 1.807) is 4.90 Å². The molecule has 1 unspecified atom stereocenters. The molecule has 5 N–H and O–H groups in total. The predicted octanol–water partition coefficient (Wildman–Crippen LogP) is -0.763. The molecule has 6 atom stereocenters. The molecule has 4 aliphatic heterocycles. The van der Waals surface area contributed by atoms with Gasteiger partial charge in [-0.25, -0.2) is 4.58 Å². The highest BCUT2D eigenvalue weighted by atomic mass is 16.6. The quantitative estimate of drug-likeness (QED) is 0.195. The van der Waals surface area contributed by atoms with Crippen LogP contribution >= 0.6 is 0 Å². The van der Waals surface area contributed by atoms with E-state index in [1.165, 1.54) is 7.05 Å². The Hall–Kier alpha value is -4.39. The lowest BCUT2D eigenvalue weighted by Crippen LogP contribution is -2.64. The second-order valence-electron chi connectivity index (χ2n) is 11.9. The van der Waals surface area contributed by atoms with Crippen molar-refractivity contribution in [3.8, 4) is 0 Å².